The Kier molecular flexibility index (Phi) is 5.71. The first-order valence-corrected chi connectivity index (χ1v) is 9.25. The zero-order valence-corrected chi connectivity index (χ0v) is 15.7. The molecule has 1 aliphatic rings. The lowest BCUT2D eigenvalue weighted by atomic mass is 10.1. The highest BCUT2D eigenvalue weighted by atomic mass is 16.5. The van der Waals surface area contributed by atoms with E-state index in [0.29, 0.717) is 23.9 Å². The van der Waals surface area contributed by atoms with Gasteiger partial charge in [0.05, 0.1) is 6.61 Å². The van der Waals surface area contributed by atoms with Gasteiger partial charge in [0, 0.05) is 24.5 Å². The lowest BCUT2D eigenvalue weighted by Crippen LogP contribution is -2.23. The maximum atomic E-state index is 12.7. The highest BCUT2D eigenvalue weighted by molar-refractivity contribution is 6.03. The quantitative estimate of drug-likeness (QED) is 0.853. The Hall–Kier alpha value is -2.63. The first-order valence-electron chi connectivity index (χ1n) is 9.25. The van der Waals surface area contributed by atoms with Crippen LogP contribution in [0.5, 0.6) is 5.75 Å². The first kappa shape index (κ1) is 18.2. The van der Waals surface area contributed by atoms with Crippen LogP contribution in [0.4, 0.5) is 11.6 Å². The largest absolute Gasteiger partial charge is 0.494 e. The van der Waals surface area contributed by atoms with Gasteiger partial charge in [-0.05, 0) is 56.0 Å². The molecule has 0 bridgehead atoms. The van der Waals surface area contributed by atoms with Gasteiger partial charge in [-0.2, -0.15) is 0 Å². The summed E-state index contributed by atoms with van der Waals surface area (Å²) in [6, 6.07) is 9.13. The fourth-order valence-electron chi connectivity index (χ4n) is 2.92. The Labute approximate surface area is 154 Å². The van der Waals surface area contributed by atoms with Gasteiger partial charge in [-0.3, -0.25) is 4.79 Å². The SMILES string of the molecule is CCOc1ccc(NC(=O)c2cc(C(C)C)nc(N3CCCC3)n2)cc1. The second-order valence-corrected chi connectivity index (χ2v) is 6.74. The van der Waals surface area contributed by atoms with E-state index < -0.39 is 0 Å². The third-order valence-corrected chi connectivity index (χ3v) is 4.37. The van der Waals surface area contributed by atoms with Crippen molar-refractivity contribution in [3.8, 4) is 5.75 Å². The van der Waals surface area contributed by atoms with Gasteiger partial charge in [0.15, 0.2) is 0 Å². The second kappa shape index (κ2) is 8.17. The van der Waals surface area contributed by atoms with Crippen LogP contribution in [0.2, 0.25) is 0 Å². The molecule has 26 heavy (non-hydrogen) atoms. The highest BCUT2D eigenvalue weighted by Gasteiger charge is 2.20. The van der Waals surface area contributed by atoms with E-state index >= 15 is 0 Å². The van der Waals surface area contributed by atoms with Crippen LogP contribution in [0.25, 0.3) is 0 Å². The third kappa shape index (κ3) is 4.31. The predicted molar refractivity (Wildman–Crippen MR) is 103 cm³/mol. The van der Waals surface area contributed by atoms with Crippen molar-refractivity contribution in [2.45, 2.75) is 39.5 Å². The summed E-state index contributed by atoms with van der Waals surface area (Å²) in [5, 5.41) is 2.91. The summed E-state index contributed by atoms with van der Waals surface area (Å²) in [5.41, 5.74) is 2.00. The third-order valence-electron chi connectivity index (χ3n) is 4.37. The average molecular weight is 354 g/mol. The molecular weight excluding hydrogens is 328 g/mol. The van der Waals surface area contributed by atoms with E-state index in [-0.39, 0.29) is 11.8 Å². The predicted octanol–water partition coefficient (Wildman–Crippen LogP) is 3.85. The summed E-state index contributed by atoms with van der Waals surface area (Å²) in [6.45, 7) is 8.59. The number of carbonyl (C=O) groups is 1. The van der Waals surface area contributed by atoms with Crippen molar-refractivity contribution in [1.29, 1.82) is 0 Å². The van der Waals surface area contributed by atoms with E-state index in [0.717, 1.165) is 37.4 Å². The summed E-state index contributed by atoms with van der Waals surface area (Å²) < 4.78 is 5.43. The number of ether oxygens (including phenoxy) is 1. The molecule has 0 spiro atoms. The molecule has 1 aromatic heterocycles. The van der Waals surface area contributed by atoms with Crippen molar-refractivity contribution in [3.63, 3.8) is 0 Å². The van der Waals surface area contributed by atoms with E-state index in [1.807, 2.05) is 31.2 Å². The van der Waals surface area contributed by atoms with Gasteiger partial charge < -0.3 is 15.0 Å². The Balaban J connectivity index is 1.81. The molecule has 3 rings (SSSR count). The standard InChI is InChI=1S/C20H26N4O2/c1-4-26-16-9-7-15(8-10-16)21-19(25)18-13-17(14(2)3)22-20(23-18)24-11-5-6-12-24/h7-10,13-14H,4-6,11-12H2,1-3H3,(H,21,25). The average Bonchev–Trinajstić information content (AvgIpc) is 3.18. The maximum absolute atomic E-state index is 12.7. The molecule has 0 aliphatic carbocycles. The fraction of sp³-hybridized carbons (Fsp3) is 0.450. The Morgan fingerprint density at radius 3 is 2.50 bits per heavy atom. The van der Waals surface area contributed by atoms with Gasteiger partial charge >= 0.3 is 0 Å². The van der Waals surface area contributed by atoms with Gasteiger partial charge in [0.1, 0.15) is 11.4 Å². The molecule has 1 aromatic carbocycles. The molecule has 1 saturated heterocycles. The molecule has 1 amide bonds. The minimum absolute atomic E-state index is 0.223. The smallest absolute Gasteiger partial charge is 0.274 e. The van der Waals surface area contributed by atoms with Crippen molar-refractivity contribution in [2.75, 3.05) is 29.9 Å². The molecule has 0 atom stereocenters. The van der Waals surface area contributed by atoms with Crippen LogP contribution in [0.3, 0.4) is 0 Å². The monoisotopic (exact) mass is 354 g/mol. The molecular formula is C20H26N4O2. The summed E-state index contributed by atoms with van der Waals surface area (Å²) in [7, 11) is 0. The first-order chi connectivity index (χ1) is 12.6. The number of hydrogen-bond acceptors (Lipinski definition) is 5. The summed E-state index contributed by atoms with van der Waals surface area (Å²) in [5.74, 6) is 1.45. The van der Waals surface area contributed by atoms with Crippen LogP contribution in [-0.4, -0.2) is 35.6 Å². The number of hydrogen-bond donors (Lipinski definition) is 1. The van der Waals surface area contributed by atoms with Crippen molar-refractivity contribution in [1.82, 2.24) is 9.97 Å². The van der Waals surface area contributed by atoms with Gasteiger partial charge in [0.25, 0.3) is 5.91 Å². The topological polar surface area (TPSA) is 67.3 Å². The van der Waals surface area contributed by atoms with Crippen molar-refractivity contribution in [2.24, 2.45) is 0 Å². The van der Waals surface area contributed by atoms with Gasteiger partial charge in [-0.15, -0.1) is 0 Å². The summed E-state index contributed by atoms with van der Waals surface area (Å²) >= 11 is 0. The van der Waals surface area contributed by atoms with Crippen LogP contribution in [0.1, 0.15) is 55.7 Å². The highest BCUT2D eigenvalue weighted by Crippen LogP contribution is 2.22. The Bertz CT molecular complexity index is 753. The molecule has 1 N–H and O–H groups in total. The molecule has 2 aromatic rings. The maximum Gasteiger partial charge on any atom is 0.274 e. The van der Waals surface area contributed by atoms with E-state index in [1.54, 1.807) is 6.07 Å². The van der Waals surface area contributed by atoms with E-state index in [1.165, 1.54) is 0 Å². The molecule has 0 unspecified atom stereocenters. The van der Waals surface area contributed by atoms with Gasteiger partial charge in [-0.1, -0.05) is 13.8 Å². The number of carbonyl (C=O) groups excluding carboxylic acids is 1. The van der Waals surface area contributed by atoms with E-state index in [4.69, 9.17) is 4.74 Å². The molecule has 2 heterocycles. The second-order valence-electron chi connectivity index (χ2n) is 6.74. The molecule has 0 saturated carbocycles. The number of benzene rings is 1. The van der Waals surface area contributed by atoms with Crippen LogP contribution < -0.4 is 15.0 Å². The Morgan fingerprint density at radius 2 is 1.88 bits per heavy atom. The lowest BCUT2D eigenvalue weighted by molar-refractivity contribution is 0.102. The van der Waals surface area contributed by atoms with Crippen LogP contribution in [0.15, 0.2) is 30.3 Å². The minimum atomic E-state index is -0.223. The number of rotatable bonds is 6. The molecule has 1 aliphatic heterocycles. The van der Waals surface area contributed by atoms with Gasteiger partial charge in [-0.25, -0.2) is 9.97 Å². The zero-order chi connectivity index (χ0) is 18.5. The fourth-order valence-corrected chi connectivity index (χ4v) is 2.92. The number of anilines is 2. The molecule has 138 valence electrons. The van der Waals surface area contributed by atoms with Crippen molar-refractivity contribution in [3.05, 3.63) is 41.7 Å². The molecule has 0 radical (unpaired) electrons. The van der Waals surface area contributed by atoms with Crippen LogP contribution >= 0.6 is 0 Å². The molecule has 1 fully saturated rings. The summed E-state index contributed by atoms with van der Waals surface area (Å²) in [6.07, 6.45) is 2.28. The van der Waals surface area contributed by atoms with Crippen molar-refractivity contribution >= 4 is 17.5 Å². The number of nitrogens with zero attached hydrogens (tertiary/aromatic N) is 3. The Morgan fingerprint density at radius 1 is 1.19 bits per heavy atom. The van der Waals surface area contributed by atoms with Gasteiger partial charge in [0.2, 0.25) is 5.95 Å². The number of aromatic nitrogens is 2. The van der Waals surface area contributed by atoms with Crippen LogP contribution in [0, 0.1) is 0 Å². The van der Waals surface area contributed by atoms with E-state index in [9.17, 15) is 4.79 Å². The number of amides is 1. The van der Waals surface area contributed by atoms with Crippen LogP contribution in [-0.2, 0) is 0 Å². The minimum Gasteiger partial charge on any atom is -0.494 e. The molecule has 6 heteroatoms. The zero-order valence-electron chi connectivity index (χ0n) is 15.7. The van der Waals surface area contributed by atoms with Crippen molar-refractivity contribution < 1.29 is 9.53 Å². The normalized spacial score (nSPS) is 13.9. The summed E-state index contributed by atoms with van der Waals surface area (Å²) in [4.78, 5) is 24.0. The number of nitrogens with one attached hydrogen (secondary N) is 1. The molecule has 6 nitrogen and oxygen atoms in total. The lowest BCUT2D eigenvalue weighted by Gasteiger charge is -2.18. The van der Waals surface area contributed by atoms with E-state index in [2.05, 4.69) is 34.0 Å².